The SMILES string of the molecule is CCN1CCN(c2cc(CNC3CCCCC3)ccc2F)CC1. The van der Waals surface area contributed by atoms with E-state index < -0.39 is 0 Å². The number of nitrogens with one attached hydrogen (secondary N) is 1. The number of halogens is 1. The van der Waals surface area contributed by atoms with Crippen LogP contribution in [0, 0.1) is 5.82 Å². The standard InChI is InChI=1S/C19H30FN3/c1-2-22-10-12-23(13-11-22)19-14-16(8-9-18(19)20)15-21-17-6-4-3-5-7-17/h8-9,14,17,21H,2-7,10-13,15H2,1H3. The third-order valence-electron chi connectivity index (χ3n) is 5.37. The molecule has 2 aliphatic rings. The number of likely N-dealkylation sites (N-methyl/N-ethyl adjacent to an activating group) is 1. The van der Waals surface area contributed by atoms with Gasteiger partial charge in [-0.25, -0.2) is 4.39 Å². The number of nitrogens with zero attached hydrogens (tertiary/aromatic N) is 2. The van der Waals surface area contributed by atoms with Crippen molar-refractivity contribution >= 4 is 5.69 Å². The molecule has 1 heterocycles. The van der Waals surface area contributed by atoms with E-state index in [1.54, 1.807) is 6.07 Å². The first-order valence-corrected chi connectivity index (χ1v) is 9.25. The van der Waals surface area contributed by atoms with Gasteiger partial charge in [0.2, 0.25) is 0 Å². The minimum absolute atomic E-state index is 0.0867. The number of anilines is 1. The highest BCUT2D eigenvalue weighted by atomic mass is 19.1. The predicted molar refractivity (Wildman–Crippen MR) is 94.4 cm³/mol. The molecule has 0 bridgehead atoms. The molecule has 3 rings (SSSR count). The van der Waals surface area contributed by atoms with Crippen molar-refractivity contribution in [2.24, 2.45) is 0 Å². The zero-order chi connectivity index (χ0) is 16.1. The summed E-state index contributed by atoms with van der Waals surface area (Å²) < 4.78 is 14.3. The molecule has 3 nitrogen and oxygen atoms in total. The zero-order valence-electron chi connectivity index (χ0n) is 14.4. The fourth-order valence-electron chi connectivity index (χ4n) is 3.78. The molecule has 23 heavy (non-hydrogen) atoms. The Labute approximate surface area is 139 Å². The van der Waals surface area contributed by atoms with E-state index in [4.69, 9.17) is 0 Å². The zero-order valence-corrected chi connectivity index (χ0v) is 14.4. The molecule has 0 aromatic heterocycles. The van der Waals surface area contributed by atoms with Gasteiger partial charge < -0.3 is 15.1 Å². The van der Waals surface area contributed by atoms with Crippen LogP contribution in [0.4, 0.5) is 10.1 Å². The number of rotatable bonds is 5. The Hall–Kier alpha value is -1.13. The van der Waals surface area contributed by atoms with Crippen LogP contribution in [0.1, 0.15) is 44.6 Å². The van der Waals surface area contributed by atoms with E-state index in [2.05, 4.69) is 22.0 Å². The Kier molecular flexibility index (Phi) is 5.90. The van der Waals surface area contributed by atoms with Crippen molar-refractivity contribution in [3.63, 3.8) is 0 Å². The lowest BCUT2D eigenvalue weighted by molar-refractivity contribution is 0.270. The molecule has 1 aliphatic heterocycles. The first kappa shape index (κ1) is 16.7. The summed E-state index contributed by atoms with van der Waals surface area (Å²) in [5, 5.41) is 3.65. The first-order chi connectivity index (χ1) is 11.3. The van der Waals surface area contributed by atoms with Crippen LogP contribution in [0.2, 0.25) is 0 Å². The smallest absolute Gasteiger partial charge is 0.146 e. The van der Waals surface area contributed by atoms with E-state index in [1.165, 1.54) is 37.7 Å². The van der Waals surface area contributed by atoms with Gasteiger partial charge in [0.15, 0.2) is 0 Å². The van der Waals surface area contributed by atoms with Crippen LogP contribution in [0.5, 0.6) is 0 Å². The van der Waals surface area contributed by atoms with Crippen LogP contribution in [-0.2, 0) is 6.54 Å². The summed E-state index contributed by atoms with van der Waals surface area (Å²) in [4.78, 5) is 4.62. The van der Waals surface area contributed by atoms with E-state index in [-0.39, 0.29) is 5.82 Å². The summed E-state index contributed by atoms with van der Waals surface area (Å²) in [6.45, 7) is 8.03. The van der Waals surface area contributed by atoms with Crippen LogP contribution in [-0.4, -0.2) is 43.7 Å². The molecule has 4 heteroatoms. The molecule has 128 valence electrons. The Morgan fingerprint density at radius 2 is 1.83 bits per heavy atom. The summed E-state index contributed by atoms with van der Waals surface area (Å²) in [5.74, 6) is -0.0867. The molecule has 1 saturated heterocycles. The molecule has 1 saturated carbocycles. The maximum Gasteiger partial charge on any atom is 0.146 e. The van der Waals surface area contributed by atoms with E-state index >= 15 is 0 Å². The quantitative estimate of drug-likeness (QED) is 0.897. The van der Waals surface area contributed by atoms with E-state index in [0.717, 1.165) is 45.0 Å². The van der Waals surface area contributed by atoms with Crippen molar-refractivity contribution in [1.82, 2.24) is 10.2 Å². The average Bonchev–Trinajstić information content (AvgIpc) is 2.62. The molecule has 1 aromatic carbocycles. The molecule has 2 fully saturated rings. The Balaban J connectivity index is 1.60. The number of piperazine rings is 1. The van der Waals surface area contributed by atoms with E-state index in [1.807, 2.05) is 12.1 Å². The van der Waals surface area contributed by atoms with Crippen LogP contribution in [0.25, 0.3) is 0 Å². The van der Waals surface area contributed by atoms with E-state index in [0.29, 0.717) is 6.04 Å². The highest BCUT2D eigenvalue weighted by molar-refractivity contribution is 5.50. The average molecular weight is 319 g/mol. The van der Waals surface area contributed by atoms with Gasteiger partial charge in [-0.15, -0.1) is 0 Å². The lowest BCUT2D eigenvalue weighted by Crippen LogP contribution is -2.46. The van der Waals surface area contributed by atoms with Gasteiger partial charge in [-0.1, -0.05) is 32.3 Å². The third-order valence-corrected chi connectivity index (χ3v) is 5.37. The molecule has 0 radical (unpaired) electrons. The van der Waals surface area contributed by atoms with Gasteiger partial charge >= 0.3 is 0 Å². The Morgan fingerprint density at radius 3 is 2.52 bits per heavy atom. The number of hydrogen-bond donors (Lipinski definition) is 1. The fraction of sp³-hybridized carbons (Fsp3) is 0.684. The second-order valence-corrected chi connectivity index (χ2v) is 6.92. The van der Waals surface area contributed by atoms with Crippen LogP contribution >= 0.6 is 0 Å². The van der Waals surface area contributed by atoms with Crippen molar-refractivity contribution in [3.05, 3.63) is 29.6 Å². The van der Waals surface area contributed by atoms with Gasteiger partial charge in [0, 0.05) is 38.8 Å². The molecule has 1 aromatic rings. The monoisotopic (exact) mass is 319 g/mol. The molecule has 0 atom stereocenters. The largest absolute Gasteiger partial charge is 0.367 e. The topological polar surface area (TPSA) is 18.5 Å². The third kappa shape index (κ3) is 4.45. The lowest BCUT2D eigenvalue weighted by atomic mass is 9.95. The molecule has 0 spiro atoms. The molecular weight excluding hydrogens is 289 g/mol. The predicted octanol–water partition coefficient (Wildman–Crippen LogP) is 3.39. The van der Waals surface area contributed by atoms with Gasteiger partial charge in [0.25, 0.3) is 0 Å². The Morgan fingerprint density at radius 1 is 1.09 bits per heavy atom. The lowest BCUT2D eigenvalue weighted by Gasteiger charge is -2.35. The van der Waals surface area contributed by atoms with Crippen LogP contribution in [0.15, 0.2) is 18.2 Å². The van der Waals surface area contributed by atoms with Crippen LogP contribution < -0.4 is 10.2 Å². The van der Waals surface area contributed by atoms with Crippen LogP contribution in [0.3, 0.4) is 0 Å². The second kappa shape index (κ2) is 8.11. The van der Waals surface area contributed by atoms with Crippen molar-refractivity contribution in [2.75, 3.05) is 37.6 Å². The number of hydrogen-bond acceptors (Lipinski definition) is 3. The van der Waals surface area contributed by atoms with Crippen molar-refractivity contribution < 1.29 is 4.39 Å². The minimum atomic E-state index is -0.0867. The van der Waals surface area contributed by atoms with E-state index in [9.17, 15) is 4.39 Å². The highest BCUT2D eigenvalue weighted by Crippen LogP contribution is 2.23. The first-order valence-electron chi connectivity index (χ1n) is 9.25. The van der Waals surface area contributed by atoms with Gasteiger partial charge in [-0.3, -0.25) is 0 Å². The highest BCUT2D eigenvalue weighted by Gasteiger charge is 2.19. The summed E-state index contributed by atoms with van der Waals surface area (Å²) in [6.07, 6.45) is 6.63. The molecule has 0 unspecified atom stereocenters. The normalized spacial score (nSPS) is 20.9. The van der Waals surface area contributed by atoms with Crippen molar-refractivity contribution in [2.45, 2.75) is 51.6 Å². The second-order valence-electron chi connectivity index (χ2n) is 6.92. The number of benzene rings is 1. The molecular formula is C19H30FN3. The molecule has 0 amide bonds. The van der Waals surface area contributed by atoms with Crippen molar-refractivity contribution in [3.8, 4) is 0 Å². The van der Waals surface area contributed by atoms with Gasteiger partial charge in [0.1, 0.15) is 5.82 Å². The van der Waals surface area contributed by atoms with Crippen molar-refractivity contribution in [1.29, 1.82) is 0 Å². The summed E-state index contributed by atoms with van der Waals surface area (Å²) in [7, 11) is 0. The van der Waals surface area contributed by atoms with Gasteiger partial charge in [-0.2, -0.15) is 0 Å². The van der Waals surface area contributed by atoms with Gasteiger partial charge in [0.05, 0.1) is 5.69 Å². The summed E-state index contributed by atoms with van der Waals surface area (Å²) >= 11 is 0. The molecule has 1 N–H and O–H groups in total. The summed E-state index contributed by atoms with van der Waals surface area (Å²) in [6, 6.07) is 6.26. The Bertz CT molecular complexity index is 491. The minimum Gasteiger partial charge on any atom is -0.367 e. The fourth-order valence-corrected chi connectivity index (χ4v) is 3.78. The van der Waals surface area contributed by atoms with Gasteiger partial charge in [-0.05, 0) is 37.1 Å². The summed E-state index contributed by atoms with van der Waals surface area (Å²) in [5.41, 5.74) is 1.98. The maximum atomic E-state index is 14.3. The maximum absolute atomic E-state index is 14.3. The molecule has 1 aliphatic carbocycles.